The van der Waals surface area contributed by atoms with Gasteiger partial charge in [-0.1, -0.05) is 56.5 Å². The number of ether oxygens (including phenoxy) is 1. The van der Waals surface area contributed by atoms with E-state index in [0.717, 1.165) is 66.6 Å². The van der Waals surface area contributed by atoms with Gasteiger partial charge in [0.1, 0.15) is 5.75 Å². The van der Waals surface area contributed by atoms with E-state index in [0.29, 0.717) is 24.0 Å². The summed E-state index contributed by atoms with van der Waals surface area (Å²) < 4.78 is 22.4. The molecule has 2 aliphatic rings. The molecule has 3 unspecified atom stereocenters. The Labute approximate surface area is 275 Å². The zero-order valence-corrected chi connectivity index (χ0v) is 29.0. The van der Waals surface area contributed by atoms with Crippen LogP contribution in [0.5, 0.6) is 5.75 Å². The van der Waals surface area contributed by atoms with Crippen molar-refractivity contribution in [3.63, 3.8) is 0 Å². The number of aryl methyl sites for hydroxylation is 1. The molecule has 11 heteroatoms. The van der Waals surface area contributed by atoms with Crippen molar-refractivity contribution in [2.24, 2.45) is 5.92 Å². The van der Waals surface area contributed by atoms with E-state index in [-0.39, 0.29) is 11.8 Å². The molecule has 2 amide bonds. The first-order chi connectivity index (χ1) is 21.4. The van der Waals surface area contributed by atoms with Crippen LogP contribution >= 0.6 is 11.6 Å². The Kier molecular flexibility index (Phi) is 13.8. The summed E-state index contributed by atoms with van der Waals surface area (Å²) >= 11 is 6.37. The van der Waals surface area contributed by atoms with Crippen LogP contribution in [0, 0.1) is 5.92 Å². The molecule has 0 aliphatic carbocycles. The molecule has 2 aliphatic heterocycles. The molecule has 0 aromatic heterocycles. The number of nitrogens with one attached hydrogen (secondary N) is 2. The van der Waals surface area contributed by atoms with Crippen molar-refractivity contribution in [2.45, 2.75) is 76.2 Å². The number of hydrogen-bond acceptors (Lipinski definition) is 6. The van der Waals surface area contributed by atoms with Crippen LogP contribution in [0.4, 0.5) is 10.5 Å². The summed E-state index contributed by atoms with van der Waals surface area (Å²) in [7, 11) is 1.26. The van der Waals surface area contributed by atoms with Gasteiger partial charge in [-0.3, -0.25) is 9.52 Å². The largest absolute Gasteiger partial charge is 0.491 e. The van der Waals surface area contributed by atoms with Crippen LogP contribution in [0.1, 0.15) is 70.4 Å². The second-order valence-corrected chi connectivity index (χ2v) is 14.0. The normalized spacial score (nSPS) is 22.5. The summed E-state index contributed by atoms with van der Waals surface area (Å²) in [5, 5.41) is 11.9. The fraction of sp³-hybridized carbons (Fsp3) is 0.529. The monoisotopic (exact) mass is 660 g/mol. The predicted octanol–water partition coefficient (Wildman–Crippen LogP) is 6.38. The number of rotatable bonds is 4. The molecular weight excluding hydrogens is 612 g/mol. The van der Waals surface area contributed by atoms with E-state index in [1.165, 1.54) is 25.2 Å². The third-order valence-corrected chi connectivity index (χ3v) is 9.54. The van der Waals surface area contributed by atoms with Gasteiger partial charge in [-0.05, 0) is 80.5 Å². The van der Waals surface area contributed by atoms with Gasteiger partial charge < -0.3 is 25.0 Å². The highest BCUT2D eigenvalue weighted by molar-refractivity contribution is 7.83. The van der Waals surface area contributed by atoms with Crippen LogP contribution in [0.3, 0.4) is 0 Å². The average molecular weight is 661 g/mol. The summed E-state index contributed by atoms with van der Waals surface area (Å²) in [6, 6.07) is 11.8. The number of halogens is 1. The molecule has 3 N–H and O–H groups in total. The topological polar surface area (TPSA) is 111 Å². The highest BCUT2D eigenvalue weighted by Gasteiger charge is 2.30. The van der Waals surface area contributed by atoms with Crippen molar-refractivity contribution < 1.29 is 23.6 Å². The fourth-order valence-electron chi connectivity index (χ4n) is 5.31. The number of fused-ring (bicyclic) bond motifs is 1. The van der Waals surface area contributed by atoms with E-state index in [1.807, 2.05) is 32.0 Å². The first-order valence-electron chi connectivity index (χ1n) is 15.7. The SMILES string of the molecule is CCCc1cc(Cl)ccc1C1COc2ccc3cc2N(CCC(CC)C/C=C/CNC(C)(C)C(=O)NS3=O)C1.CN(C)C(=O)O. The highest BCUT2D eigenvalue weighted by Crippen LogP contribution is 2.38. The van der Waals surface area contributed by atoms with Gasteiger partial charge in [0.25, 0.3) is 5.91 Å². The minimum Gasteiger partial charge on any atom is -0.491 e. The van der Waals surface area contributed by atoms with E-state index in [1.54, 1.807) is 6.07 Å². The lowest BCUT2D eigenvalue weighted by Crippen LogP contribution is -2.53. The molecule has 45 heavy (non-hydrogen) atoms. The van der Waals surface area contributed by atoms with E-state index in [9.17, 15) is 13.8 Å². The molecule has 0 fully saturated rings. The van der Waals surface area contributed by atoms with Gasteiger partial charge in [-0.25, -0.2) is 9.00 Å². The molecule has 0 spiro atoms. The number of amides is 2. The summed E-state index contributed by atoms with van der Waals surface area (Å²) in [5.41, 5.74) is 2.63. The number of allylic oxidation sites excluding steroid dienone is 1. The Hall–Kier alpha value is -3.08. The lowest BCUT2D eigenvalue weighted by atomic mass is 9.91. The lowest BCUT2D eigenvalue weighted by Gasteiger charge is -2.29. The Morgan fingerprint density at radius 2 is 1.91 bits per heavy atom. The highest BCUT2D eigenvalue weighted by atomic mass is 35.5. The van der Waals surface area contributed by atoms with Crippen molar-refractivity contribution in [2.75, 3.05) is 45.2 Å². The van der Waals surface area contributed by atoms with Crippen molar-refractivity contribution in [1.29, 1.82) is 0 Å². The zero-order valence-electron chi connectivity index (χ0n) is 27.4. The molecule has 0 saturated heterocycles. The van der Waals surface area contributed by atoms with E-state index < -0.39 is 22.6 Å². The van der Waals surface area contributed by atoms with Crippen LogP contribution in [0.25, 0.3) is 0 Å². The molecule has 2 heterocycles. The number of hydrogen-bond donors (Lipinski definition) is 3. The van der Waals surface area contributed by atoms with Crippen LogP contribution in [-0.2, 0) is 22.2 Å². The van der Waals surface area contributed by atoms with Gasteiger partial charge in [0.05, 0.1) is 22.7 Å². The number of anilines is 1. The maximum Gasteiger partial charge on any atom is 0.406 e. The molecule has 9 nitrogen and oxygen atoms in total. The Balaban J connectivity index is 0.000000838. The Morgan fingerprint density at radius 3 is 2.58 bits per heavy atom. The maximum absolute atomic E-state index is 13.3. The third kappa shape index (κ3) is 10.5. The minimum absolute atomic E-state index is 0.169. The van der Waals surface area contributed by atoms with Crippen molar-refractivity contribution in [3.05, 3.63) is 64.7 Å². The molecule has 2 aromatic rings. The summed E-state index contributed by atoms with van der Waals surface area (Å²) in [5.74, 6) is 1.19. The number of carboxylic acid groups (broad SMARTS) is 1. The van der Waals surface area contributed by atoms with Crippen LogP contribution in [0.15, 0.2) is 53.4 Å². The third-order valence-electron chi connectivity index (χ3n) is 8.25. The second kappa shape index (κ2) is 17.0. The average Bonchev–Trinajstić information content (AvgIpc) is 3.17. The molecule has 2 bridgehead atoms. The molecule has 2 aromatic carbocycles. The maximum atomic E-state index is 13.3. The Morgan fingerprint density at radius 1 is 1.18 bits per heavy atom. The lowest BCUT2D eigenvalue weighted by molar-refractivity contribution is -0.124. The number of carbonyl (C=O) groups is 2. The summed E-state index contributed by atoms with van der Waals surface area (Å²) in [4.78, 5) is 26.6. The van der Waals surface area contributed by atoms with Crippen LogP contribution < -0.4 is 19.7 Å². The van der Waals surface area contributed by atoms with Gasteiger partial charge in [0.2, 0.25) is 0 Å². The van der Waals surface area contributed by atoms with Crippen LogP contribution in [0.2, 0.25) is 5.02 Å². The van der Waals surface area contributed by atoms with Gasteiger partial charge in [-0.2, -0.15) is 0 Å². The molecule has 3 atom stereocenters. The fourth-order valence-corrected chi connectivity index (χ4v) is 6.46. The predicted molar refractivity (Wildman–Crippen MR) is 183 cm³/mol. The Bertz CT molecular complexity index is 1370. The van der Waals surface area contributed by atoms with Crippen molar-refractivity contribution >= 4 is 40.3 Å². The molecule has 0 saturated carbocycles. The van der Waals surface area contributed by atoms with Crippen molar-refractivity contribution in [3.8, 4) is 5.75 Å². The van der Waals surface area contributed by atoms with Gasteiger partial charge in [-0.15, -0.1) is 0 Å². The molecular formula is C34H49ClN4O5S. The van der Waals surface area contributed by atoms with E-state index in [4.69, 9.17) is 21.4 Å². The number of nitrogens with zero attached hydrogens (tertiary/aromatic N) is 2. The number of carbonyl (C=O) groups excluding carboxylic acids is 1. The quantitative estimate of drug-likeness (QED) is 0.326. The van der Waals surface area contributed by atoms with Crippen molar-refractivity contribution in [1.82, 2.24) is 14.9 Å². The minimum atomic E-state index is -1.69. The van der Waals surface area contributed by atoms with Crippen LogP contribution in [-0.4, -0.2) is 72.1 Å². The van der Waals surface area contributed by atoms with Gasteiger partial charge in [0.15, 0.2) is 11.0 Å². The smallest absolute Gasteiger partial charge is 0.406 e. The molecule has 4 rings (SSSR count). The zero-order chi connectivity index (χ0) is 33.1. The van der Waals surface area contributed by atoms with Gasteiger partial charge in [0, 0.05) is 44.7 Å². The molecule has 248 valence electrons. The molecule has 0 radical (unpaired) electrons. The standard InChI is InChI=1S/C31H42ClN3O3S.C3H7NO2/c1-5-9-23-18-25(32)11-13-27(23)24-20-35-17-15-22(6-2)10-7-8-16-33-31(3,4)30(36)34-39(37)26-12-14-29(38-21-24)28(35)19-26;1-4(2)3(5)6/h7-8,11-14,18-19,22,24,33H,5-6,9-10,15-17,20-21H2,1-4H3,(H,34,36);1-2H3,(H,5,6)/b8-7+;. The van der Waals surface area contributed by atoms with E-state index >= 15 is 0 Å². The van der Waals surface area contributed by atoms with Gasteiger partial charge >= 0.3 is 6.09 Å². The summed E-state index contributed by atoms with van der Waals surface area (Å²) in [6.07, 6.45) is 8.54. The first kappa shape index (κ1) is 36.4. The number of benzene rings is 2. The van der Waals surface area contributed by atoms with E-state index in [2.05, 4.69) is 53.1 Å². The second-order valence-electron chi connectivity index (χ2n) is 12.3. The summed E-state index contributed by atoms with van der Waals surface area (Å²) in [6.45, 7) is 10.8. The first-order valence-corrected chi connectivity index (χ1v) is 17.2.